The van der Waals surface area contributed by atoms with E-state index in [9.17, 15) is 0 Å². The second-order valence-corrected chi connectivity index (χ2v) is 8.20. The van der Waals surface area contributed by atoms with E-state index < -0.39 is 0 Å². The molecule has 0 radical (unpaired) electrons. The standard InChI is InChI=1S/C19H34N4OS/c1-14-7-6-8-16(11-14)9-10-21-19(20-3)23(4)12-17-13-25-18(22-17)15(2)24-5/h13-16H,6-12H2,1-5H3,(H,20,21). The van der Waals surface area contributed by atoms with E-state index in [0.717, 1.165) is 41.6 Å². The van der Waals surface area contributed by atoms with Gasteiger partial charge in [0.1, 0.15) is 11.1 Å². The van der Waals surface area contributed by atoms with Crippen LogP contribution in [-0.4, -0.2) is 43.6 Å². The number of rotatable bonds is 7. The summed E-state index contributed by atoms with van der Waals surface area (Å²) in [6.07, 6.45) is 6.87. The monoisotopic (exact) mass is 366 g/mol. The lowest BCUT2D eigenvalue weighted by Gasteiger charge is -2.27. The molecule has 5 nitrogen and oxygen atoms in total. The normalized spacial score (nSPS) is 22.7. The van der Waals surface area contributed by atoms with Gasteiger partial charge in [0, 0.05) is 33.1 Å². The van der Waals surface area contributed by atoms with Crippen molar-refractivity contribution < 1.29 is 4.74 Å². The molecule has 0 aromatic carbocycles. The van der Waals surface area contributed by atoms with Crippen LogP contribution < -0.4 is 5.32 Å². The number of nitrogens with zero attached hydrogens (tertiary/aromatic N) is 3. The van der Waals surface area contributed by atoms with E-state index in [0.29, 0.717) is 0 Å². The van der Waals surface area contributed by atoms with Gasteiger partial charge in [-0.2, -0.15) is 0 Å². The molecule has 1 aliphatic carbocycles. The summed E-state index contributed by atoms with van der Waals surface area (Å²) in [6, 6.07) is 0. The number of ether oxygens (including phenoxy) is 1. The molecule has 1 N–H and O–H groups in total. The van der Waals surface area contributed by atoms with E-state index >= 15 is 0 Å². The van der Waals surface area contributed by atoms with Crippen LogP contribution in [0.5, 0.6) is 0 Å². The molecule has 0 amide bonds. The molecule has 1 fully saturated rings. The van der Waals surface area contributed by atoms with Gasteiger partial charge < -0.3 is 15.0 Å². The predicted molar refractivity (Wildman–Crippen MR) is 106 cm³/mol. The Morgan fingerprint density at radius 3 is 3.00 bits per heavy atom. The van der Waals surface area contributed by atoms with Gasteiger partial charge in [-0.3, -0.25) is 4.99 Å². The van der Waals surface area contributed by atoms with Gasteiger partial charge in [0.05, 0.1) is 12.2 Å². The first-order chi connectivity index (χ1) is 12.0. The molecule has 142 valence electrons. The molecule has 1 aliphatic rings. The second kappa shape index (κ2) is 10.1. The van der Waals surface area contributed by atoms with Crippen molar-refractivity contribution in [2.24, 2.45) is 16.8 Å². The van der Waals surface area contributed by atoms with Crippen molar-refractivity contribution in [1.29, 1.82) is 0 Å². The average Bonchev–Trinajstić information content (AvgIpc) is 3.06. The number of aliphatic imine (C=N–C) groups is 1. The van der Waals surface area contributed by atoms with Crippen LogP contribution in [0.15, 0.2) is 10.4 Å². The van der Waals surface area contributed by atoms with Crippen molar-refractivity contribution in [2.75, 3.05) is 27.7 Å². The summed E-state index contributed by atoms with van der Waals surface area (Å²) < 4.78 is 5.34. The summed E-state index contributed by atoms with van der Waals surface area (Å²) in [5.41, 5.74) is 1.07. The Hall–Kier alpha value is -1.14. The quantitative estimate of drug-likeness (QED) is 0.584. The van der Waals surface area contributed by atoms with E-state index in [2.05, 4.69) is 39.5 Å². The van der Waals surface area contributed by atoms with Crippen LogP contribution in [-0.2, 0) is 11.3 Å². The number of hydrogen-bond acceptors (Lipinski definition) is 4. The third-order valence-electron chi connectivity index (χ3n) is 5.12. The first kappa shape index (κ1) is 20.2. The molecule has 6 heteroatoms. The van der Waals surface area contributed by atoms with Gasteiger partial charge in [-0.05, 0) is 31.6 Å². The Bertz CT molecular complexity index is 545. The minimum absolute atomic E-state index is 0.0550. The van der Waals surface area contributed by atoms with Crippen LogP contribution in [0.1, 0.15) is 62.8 Å². The molecule has 2 rings (SSSR count). The topological polar surface area (TPSA) is 49.8 Å². The van der Waals surface area contributed by atoms with Crippen molar-refractivity contribution in [3.63, 3.8) is 0 Å². The molecule has 0 aliphatic heterocycles. The molecular formula is C19H34N4OS. The molecule has 0 spiro atoms. The van der Waals surface area contributed by atoms with Crippen molar-refractivity contribution in [2.45, 2.75) is 58.6 Å². The maximum Gasteiger partial charge on any atom is 0.193 e. The van der Waals surface area contributed by atoms with Gasteiger partial charge in [0.15, 0.2) is 5.96 Å². The van der Waals surface area contributed by atoms with E-state index in [-0.39, 0.29) is 6.10 Å². The first-order valence-corrected chi connectivity index (χ1v) is 10.3. The summed E-state index contributed by atoms with van der Waals surface area (Å²) in [7, 11) is 5.63. The number of aromatic nitrogens is 1. The Kier molecular flexibility index (Phi) is 8.16. The molecule has 1 heterocycles. The van der Waals surface area contributed by atoms with E-state index in [1.54, 1.807) is 18.4 Å². The van der Waals surface area contributed by atoms with Gasteiger partial charge in [-0.25, -0.2) is 4.98 Å². The summed E-state index contributed by atoms with van der Waals surface area (Å²) in [5.74, 6) is 2.71. The third kappa shape index (κ3) is 6.26. The van der Waals surface area contributed by atoms with E-state index in [1.165, 1.54) is 32.1 Å². The van der Waals surface area contributed by atoms with Crippen LogP contribution in [0, 0.1) is 11.8 Å². The highest BCUT2D eigenvalue weighted by Gasteiger charge is 2.19. The highest BCUT2D eigenvalue weighted by atomic mass is 32.1. The molecule has 1 aromatic rings. The number of hydrogen-bond donors (Lipinski definition) is 1. The molecule has 3 unspecified atom stereocenters. The fraction of sp³-hybridized carbons (Fsp3) is 0.789. The predicted octanol–water partition coefficient (Wildman–Crippen LogP) is 4.07. The van der Waals surface area contributed by atoms with Gasteiger partial charge in [0.2, 0.25) is 0 Å². The zero-order valence-corrected chi connectivity index (χ0v) is 17.2. The van der Waals surface area contributed by atoms with Crippen molar-refractivity contribution in [3.05, 3.63) is 16.1 Å². The maximum absolute atomic E-state index is 5.34. The van der Waals surface area contributed by atoms with Gasteiger partial charge >= 0.3 is 0 Å². The minimum atomic E-state index is 0.0550. The summed E-state index contributed by atoms with van der Waals surface area (Å²) >= 11 is 1.66. The molecule has 0 bridgehead atoms. The Morgan fingerprint density at radius 1 is 1.52 bits per heavy atom. The fourth-order valence-corrected chi connectivity index (χ4v) is 4.44. The van der Waals surface area contributed by atoms with Crippen molar-refractivity contribution in [3.8, 4) is 0 Å². The Morgan fingerprint density at radius 2 is 2.32 bits per heavy atom. The van der Waals surface area contributed by atoms with Gasteiger partial charge in [-0.1, -0.05) is 26.2 Å². The number of nitrogens with one attached hydrogen (secondary N) is 1. The highest BCUT2D eigenvalue weighted by molar-refractivity contribution is 7.09. The lowest BCUT2D eigenvalue weighted by atomic mass is 9.81. The molecule has 25 heavy (non-hydrogen) atoms. The second-order valence-electron chi connectivity index (χ2n) is 7.31. The SMILES string of the molecule is CN=C(NCCC1CCCC(C)C1)N(C)Cc1csc(C(C)OC)n1. The number of methoxy groups -OCH3 is 1. The summed E-state index contributed by atoms with van der Waals surface area (Å²) in [6.45, 7) is 6.17. The lowest BCUT2D eigenvalue weighted by Crippen LogP contribution is -2.39. The molecule has 0 saturated heterocycles. The Balaban J connectivity index is 1.78. The van der Waals surface area contributed by atoms with Crippen LogP contribution in [0.4, 0.5) is 0 Å². The summed E-state index contributed by atoms with van der Waals surface area (Å²) in [4.78, 5) is 11.2. The van der Waals surface area contributed by atoms with Gasteiger partial charge in [-0.15, -0.1) is 11.3 Å². The average molecular weight is 367 g/mol. The van der Waals surface area contributed by atoms with E-state index in [4.69, 9.17) is 4.74 Å². The smallest absolute Gasteiger partial charge is 0.193 e. The van der Waals surface area contributed by atoms with Crippen LogP contribution in [0.3, 0.4) is 0 Å². The lowest BCUT2D eigenvalue weighted by molar-refractivity contribution is 0.119. The van der Waals surface area contributed by atoms with Crippen molar-refractivity contribution in [1.82, 2.24) is 15.2 Å². The minimum Gasteiger partial charge on any atom is -0.375 e. The largest absolute Gasteiger partial charge is 0.375 e. The van der Waals surface area contributed by atoms with Crippen LogP contribution >= 0.6 is 11.3 Å². The van der Waals surface area contributed by atoms with Crippen LogP contribution in [0.2, 0.25) is 0 Å². The number of guanidine groups is 1. The molecule has 1 saturated carbocycles. The van der Waals surface area contributed by atoms with Crippen LogP contribution in [0.25, 0.3) is 0 Å². The molecule has 1 aromatic heterocycles. The third-order valence-corrected chi connectivity index (χ3v) is 6.18. The highest BCUT2D eigenvalue weighted by Crippen LogP contribution is 2.30. The fourth-order valence-electron chi connectivity index (χ4n) is 3.60. The van der Waals surface area contributed by atoms with E-state index in [1.807, 2.05) is 14.0 Å². The van der Waals surface area contributed by atoms with Gasteiger partial charge in [0.25, 0.3) is 0 Å². The Labute approximate surface area is 156 Å². The zero-order valence-electron chi connectivity index (χ0n) is 16.4. The first-order valence-electron chi connectivity index (χ1n) is 9.42. The molecular weight excluding hydrogens is 332 g/mol. The summed E-state index contributed by atoms with van der Waals surface area (Å²) in [5, 5.41) is 6.66. The number of thiazole rings is 1. The molecule has 3 atom stereocenters. The maximum atomic E-state index is 5.34. The zero-order chi connectivity index (χ0) is 18.2. The van der Waals surface area contributed by atoms with Crippen molar-refractivity contribution >= 4 is 17.3 Å².